The Bertz CT molecular complexity index is 122. The molecule has 1 aliphatic carbocycles. The van der Waals surface area contributed by atoms with Crippen LogP contribution in [0.1, 0.15) is 65.7 Å². The summed E-state index contributed by atoms with van der Waals surface area (Å²) in [6, 6.07) is 0. The fraction of sp³-hybridized carbons (Fsp3) is 1.00. The van der Waals surface area contributed by atoms with Crippen LogP contribution in [0.5, 0.6) is 0 Å². The topological polar surface area (TPSA) is 0 Å². The summed E-state index contributed by atoms with van der Waals surface area (Å²) < 4.78 is 0. The molecule has 2 unspecified atom stereocenters. The zero-order valence-corrected chi connectivity index (χ0v) is 9.68. The van der Waals surface area contributed by atoms with E-state index in [1.165, 1.54) is 44.9 Å². The van der Waals surface area contributed by atoms with E-state index in [2.05, 4.69) is 20.8 Å². The molecule has 1 saturated carbocycles. The minimum Gasteiger partial charge on any atom is -0.0654 e. The standard InChI is InChI=1S/C13H26/c1-4-8-11(2)12(3)13-9-6-5-7-10-13/h11-13H,4-10H2,1-3H3. The summed E-state index contributed by atoms with van der Waals surface area (Å²) in [5, 5.41) is 0. The van der Waals surface area contributed by atoms with Crippen LogP contribution in [0.15, 0.2) is 0 Å². The Kier molecular flexibility index (Phi) is 4.83. The lowest BCUT2D eigenvalue weighted by Crippen LogP contribution is -2.21. The van der Waals surface area contributed by atoms with Crippen LogP contribution < -0.4 is 0 Å². The van der Waals surface area contributed by atoms with Gasteiger partial charge in [-0.05, 0) is 17.8 Å². The second kappa shape index (κ2) is 5.67. The van der Waals surface area contributed by atoms with E-state index in [0.717, 1.165) is 17.8 Å². The second-order valence-electron chi connectivity index (χ2n) is 5.02. The molecule has 0 aromatic carbocycles. The molecule has 2 atom stereocenters. The third kappa shape index (κ3) is 3.32. The SMILES string of the molecule is CCCC(C)C(C)C1CCCCC1. The molecule has 1 rings (SSSR count). The first-order valence-electron chi connectivity index (χ1n) is 6.25. The summed E-state index contributed by atoms with van der Waals surface area (Å²) >= 11 is 0. The lowest BCUT2D eigenvalue weighted by Gasteiger charge is -2.31. The van der Waals surface area contributed by atoms with E-state index in [-0.39, 0.29) is 0 Å². The van der Waals surface area contributed by atoms with Crippen LogP contribution in [0.25, 0.3) is 0 Å². The van der Waals surface area contributed by atoms with Crippen LogP contribution in [0.4, 0.5) is 0 Å². The summed E-state index contributed by atoms with van der Waals surface area (Å²) in [6.07, 6.45) is 10.3. The predicted octanol–water partition coefficient (Wildman–Crippen LogP) is 4.64. The molecule has 0 heteroatoms. The van der Waals surface area contributed by atoms with E-state index < -0.39 is 0 Å². The van der Waals surface area contributed by atoms with Crippen molar-refractivity contribution in [2.24, 2.45) is 17.8 Å². The van der Waals surface area contributed by atoms with Gasteiger partial charge in [0.25, 0.3) is 0 Å². The molecule has 1 fully saturated rings. The van der Waals surface area contributed by atoms with Crippen LogP contribution in [0.3, 0.4) is 0 Å². The van der Waals surface area contributed by atoms with Crippen molar-refractivity contribution in [2.45, 2.75) is 65.7 Å². The van der Waals surface area contributed by atoms with Gasteiger partial charge >= 0.3 is 0 Å². The molecule has 0 spiro atoms. The lowest BCUT2D eigenvalue weighted by atomic mass is 9.74. The van der Waals surface area contributed by atoms with E-state index in [0.29, 0.717) is 0 Å². The van der Waals surface area contributed by atoms with Gasteiger partial charge in [-0.1, -0.05) is 65.7 Å². The summed E-state index contributed by atoms with van der Waals surface area (Å²) in [7, 11) is 0. The molecular formula is C13H26. The molecule has 78 valence electrons. The molecule has 0 aromatic heterocycles. The molecule has 13 heavy (non-hydrogen) atoms. The largest absolute Gasteiger partial charge is 0.0654 e. The van der Waals surface area contributed by atoms with Gasteiger partial charge in [0.1, 0.15) is 0 Å². The van der Waals surface area contributed by atoms with Crippen molar-refractivity contribution < 1.29 is 0 Å². The lowest BCUT2D eigenvalue weighted by molar-refractivity contribution is 0.196. The third-order valence-electron chi connectivity index (χ3n) is 4.03. The number of rotatable bonds is 4. The molecule has 0 saturated heterocycles. The van der Waals surface area contributed by atoms with Crippen LogP contribution in [-0.2, 0) is 0 Å². The predicted molar refractivity (Wildman–Crippen MR) is 59.8 cm³/mol. The first kappa shape index (κ1) is 11.1. The smallest absolute Gasteiger partial charge is 0.0386 e. The van der Waals surface area contributed by atoms with Crippen molar-refractivity contribution in [1.82, 2.24) is 0 Å². The van der Waals surface area contributed by atoms with Crippen molar-refractivity contribution in [3.05, 3.63) is 0 Å². The Labute approximate surface area is 84.1 Å². The molecular weight excluding hydrogens is 156 g/mol. The fourth-order valence-corrected chi connectivity index (χ4v) is 2.84. The summed E-state index contributed by atoms with van der Waals surface area (Å²) in [6.45, 7) is 7.24. The average Bonchev–Trinajstić information content (AvgIpc) is 2.18. The molecule has 0 aliphatic heterocycles. The molecule has 0 heterocycles. The first-order chi connectivity index (χ1) is 6.25. The molecule has 1 aliphatic rings. The summed E-state index contributed by atoms with van der Waals surface area (Å²) in [5.74, 6) is 2.98. The second-order valence-corrected chi connectivity index (χ2v) is 5.02. The Hall–Kier alpha value is 0. The van der Waals surface area contributed by atoms with E-state index in [9.17, 15) is 0 Å². The van der Waals surface area contributed by atoms with E-state index in [4.69, 9.17) is 0 Å². The van der Waals surface area contributed by atoms with E-state index in [1.807, 2.05) is 0 Å². The van der Waals surface area contributed by atoms with Crippen LogP contribution in [0, 0.1) is 17.8 Å². The van der Waals surface area contributed by atoms with E-state index in [1.54, 1.807) is 0 Å². The minimum atomic E-state index is 0.952. The molecule has 0 aromatic rings. The van der Waals surface area contributed by atoms with Gasteiger partial charge in [0.2, 0.25) is 0 Å². The maximum atomic E-state index is 2.48. The average molecular weight is 182 g/mol. The zero-order valence-electron chi connectivity index (χ0n) is 9.68. The van der Waals surface area contributed by atoms with Crippen molar-refractivity contribution in [3.8, 4) is 0 Å². The number of hydrogen-bond acceptors (Lipinski definition) is 0. The maximum absolute atomic E-state index is 2.48. The zero-order chi connectivity index (χ0) is 9.68. The Morgan fingerprint density at radius 3 is 2.23 bits per heavy atom. The van der Waals surface area contributed by atoms with Gasteiger partial charge in [-0.25, -0.2) is 0 Å². The Morgan fingerprint density at radius 2 is 1.69 bits per heavy atom. The third-order valence-corrected chi connectivity index (χ3v) is 4.03. The van der Waals surface area contributed by atoms with Gasteiger partial charge in [-0.3, -0.25) is 0 Å². The highest BCUT2D eigenvalue weighted by atomic mass is 14.3. The molecule has 0 amide bonds. The summed E-state index contributed by atoms with van der Waals surface area (Å²) in [5.41, 5.74) is 0. The van der Waals surface area contributed by atoms with Gasteiger partial charge < -0.3 is 0 Å². The van der Waals surface area contributed by atoms with Gasteiger partial charge in [-0.15, -0.1) is 0 Å². The van der Waals surface area contributed by atoms with Crippen molar-refractivity contribution in [2.75, 3.05) is 0 Å². The molecule has 0 N–H and O–H groups in total. The molecule has 0 bridgehead atoms. The highest BCUT2D eigenvalue weighted by Gasteiger charge is 2.23. The van der Waals surface area contributed by atoms with Gasteiger partial charge in [-0.2, -0.15) is 0 Å². The fourth-order valence-electron chi connectivity index (χ4n) is 2.84. The molecule has 0 radical (unpaired) electrons. The van der Waals surface area contributed by atoms with Gasteiger partial charge in [0.05, 0.1) is 0 Å². The van der Waals surface area contributed by atoms with Gasteiger partial charge in [0, 0.05) is 0 Å². The summed E-state index contributed by atoms with van der Waals surface area (Å²) in [4.78, 5) is 0. The minimum absolute atomic E-state index is 0.952. The van der Waals surface area contributed by atoms with Crippen molar-refractivity contribution >= 4 is 0 Å². The molecule has 0 nitrogen and oxygen atoms in total. The Balaban J connectivity index is 2.31. The van der Waals surface area contributed by atoms with Crippen LogP contribution >= 0.6 is 0 Å². The van der Waals surface area contributed by atoms with Gasteiger partial charge in [0.15, 0.2) is 0 Å². The quantitative estimate of drug-likeness (QED) is 0.594. The monoisotopic (exact) mass is 182 g/mol. The number of hydrogen-bond donors (Lipinski definition) is 0. The van der Waals surface area contributed by atoms with Crippen molar-refractivity contribution in [1.29, 1.82) is 0 Å². The normalized spacial score (nSPS) is 24.2. The highest BCUT2D eigenvalue weighted by Crippen LogP contribution is 2.34. The van der Waals surface area contributed by atoms with Crippen LogP contribution in [0.2, 0.25) is 0 Å². The maximum Gasteiger partial charge on any atom is -0.0386 e. The van der Waals surface area contributed by atoms with Crippen molar-refractivity contribution in [3.63, 3.8) is 0 Å². The van der Waals surface area contributed by atoms with Crippen LogP contribution in [-0.4, -0.2) is 0 Å². The highest BCUT2D eigenvalue weighted by molar-refractivity contribution is 4.74. The first-order valence-corrected chi connectivity index (χ1v) is 6.25. The Morgan fingerprint density at radius 1 is 1.08 bits per heavy atom. The van der Waals surface area contributed by atoms with E-state index >= 15 is 0 Å².